The van der Waals surface area contributed by atoms with Crippen LogP contribution in [0.1, 0.15) is 13.3 Å². The van der Waals surface area contributed by atoms with Gasteiger partial charge in [-0.15, -0.1) is 0 Å². The number of ether oxygens (including phenoxy) is 1. The standard InChI is InChI=1S/C6H11NOS/c1-2-9-6-7-4-3-5-8-6/h2-5H2,1H3. The lowest BCUT2D eigenvalue weighted by Gasteiger charge is -2.11. The van der Waals surface area contributed by atoms with E-state index in [9.17, 15) is 0 Å². The van der Waals surface area contributed by atoms with Crippen molar-refractivity contribution in [1.29, 1.82) is 0 Å². The van der Waals surface area contributed by atoms with E-state index in [1.165, 1.54) is 0 Å². The molecular formula is C6H11NOS. The fraction of sp³-hybridized carbons (Fsp3) is 0.833. The largest absolute Gasteiger partial charge is 0.473 e. The Morgan fingerprint density at radius 3 is 3.22 bits per heavy atom. The summed E-state index contributed by atoms with van der Waals surface area (Å²) in [6.45, 7) is 3.90. The first-order chi connectivity index (χ1) is 4.43. The maximum atomic E-state index is 5.23. The summed E-state index contributed by atoms with van der Waals surface area (Å²) in [7, 11) is 0. The predicted molar refractivity (Wildman–Crippen MR) is 41.0 cm³/mol. The van der Waals surface area contributed by atoms with Crippen LogP contribution in [0.4, 0.5) is 0 Å². The molecular weight excluding hydrogens is 134 g/mol. The zero-order valence-corrected chi connectivity index (χ0v) is 6.41. The summed E-state index contributed by atoms with van der Waals surface area (Å²) >= 11 is 1.68. The highest BCUT2D eigenvalue weighted by Crippen LogP contribution is 2.08. The lowest BCUT2D eigenvalue weighted by molar-refractivity contribution is 0.293. The molecule has 1 aliphatic rings. The number of nitrogens with zero attached hydrogens (tertiary/aromatic N) is 1. The van der Waals surface area contributed by atoms with Crippen LogP contribution in [0.25, 0.3) is 0 Å². The highest BCUT2D eigenvalue weighted by atomic mass is 32.2. The molecule has 0 spiro atoms. The van der Waals surface area contributed by atoms with Crippen molar-refractivity contribution in [3.63, 3.8) is 0 Å². The number of rotatable bonds is 1. The van der Waals surface area contributed by atoms with Crippen molar-refractivity contribution in [2.24, 2.45) is 4.99 Å². The van der Waals surface area contributed by atoms with Crippen molar-refractivity contribution < 1.29 is 4.74 Å². The van der Waals surface area contributed by atoms with E-state index in [1.807, 2.05) is 0 Å². The van der Waals surface area contributed by atoms with Crippen LogP contribution in [-0.2, 0) is 4.74 Å². The summed E-state index contributed by atoms with van der Waals surface area (Å²) < 4.78 is 5.23. The minimum Gasteiger partial charge on any atom is -0.473 e. The molecule has 0 aromatic carbocycles. The van der Waals surface area contributed by atoms with Gasteiger partial charge in [0.1, 0.15) is 0 Å². The summed E-state index contributed by atoms with van der Waals surface area (Å²) in [5, 5.41) is 0.878. The third-order valence-corrected chi connectivity index (χ3v) is 1.82. The maximum Gasteiger partial charge on any atom is 0.245 e. The molecule has 1 rings (SSSR count). The quantitative estimate of drug-likeness (QED) is 0.558. The van der Waals surface area contributed by atoms with Gasteiger partial charge in [-0.3, -0.25) is 0 Å². The summed E-state index contributed by atoms with van der Waals surface area (Å²) in [5.41, 5.74) is 0. The Morgan fingerprint density at radius 1 is 1.78 bits per heavy atom. The van der Waals surface area contributed by atoms with E-state index < -0.39 is 0 Å². The van der Waals surface area contributed by atoms with Gasteiger partial charge in [-0.2, -0.15) is 0 Å². The average molecular weight is 145 g/mol. The smallest absolute Gasteiger partial charge is 0.245 e. The van der Waals surface area contributed by atoms with Crippen molar-refractivity contribution in [3.8, 4) is 0 Å². The molecule has 0 saturated heterocycles. The van der Waals surface area contributed by atoms with Crippen molar-refractivity contribution in [1.82, 2.24) is 0 Å². The highest BCUT2D eigenvalue weighted by Gasteiger charge is 2.03. The van der Waals surface area contributed by atoms with Crippen LogP contribution < -0.4 is 0 Å². The Kier molecular flexibility index (Phi) is 2.91. The molecule has 52 valence electrons. The second kappa shape index (κ2) is 3.77. The first-order valence-corrected chi connectivity index (χ1v) is 4.22. The molecule has 0 bridgehead atoms. The minimum atomic E-state index is 0.853. The van der Waals surface area contributed by atoms with Crippen LogP contribution in [0, 0.1) is 0 Å². The normalized spacial score (nSPS) is 18.6. The lowest BCUT2D eigenvalue weighted by atomic mass is 10.4. The number of hydrogen-bond donors (Lipinski definition) is 0. The predicted octanol–water partition coefficient (Wildman–Crippen LogP) is 1.52. The van der Waals surface area contributed by atoms with Crippen LogP contribution >= 0.6 is 11.8 Å². The molecule has 9 heavy (non-hydrogen) atoms. The van der Waals surface area contributed by atoms with Crippen molar-refractivity contribution in [2.75, 3.05) is 18.9 Å². The fourth-order valence-corrected chi connectivity index (χ4v) is 1.25. The molecule has 0 amide bonds. The second-order valence-corrected chi connectivity index (χ2v) is 3.00. The monoisotopic (exact) mass is 145 g/mol. The van der Waals surface area contributed by atoms with Gasteiger partial charge in [0.05, 0.1) is 6.61 Å². The zero-order chi connectivity index (χ0) is 6.53. The molecule has 0 aliphatic carbocycles. The summed E-state index contributed by atoms with van der Waals surface area (Å²) in [4.78, 5) is 4.18. The first kappa shape index (κ1) is 6.93. The number of hydrogen-bond acceptors (Lipinski definition) is 3. The van der Waals surface area contributed by atoms with Gasteiger partial charge in [0, 0.05) is 13.0 Å². The minimum absolute atomic E-state index is 0.853. The summed E-state index contributed by atoms with van der Waals surface area (Å²) in [6, 6.07) is 0. The van der Waals surface area contributed by atoms with E-state index in [1.54, 1.807) is 11.8 Å². The number of thioether (sulfide) groups is 1. The van der Waals surface area contributed by atoms with Crippen LogP contribution in [0.5, 0.6) is 0 Å². The molecule has 1 heterocycles. The fourth-order valence-electron chi connectivity index (χ4n) is 0.651. The van der Waals surface area contributed by atoms with E-state index in [0.717, 1.165) is 30.6 Å². The van der Waals surface area contributed by atoms with Gasteiger partial charge < -0.3 is 4.74 Å². The molecule has 2 nitrogen and oxygen atoms in total. The van der Waals surface area contributed by atoms with Crippen molar-refractivity contribution >= 4 is 17.0 Å². The SMILES string of the molecule is CCSC1=NCCCO1. The molecule has 0 fully saturated rings. The molecule has 0 atom stereocenters. The van der Waals surface area contributed by atoms with E-state index in [0.29, 0.717) is 0 Å². The van der Waals surface area contributed by atoms with Gasteiger partial charge in [-0.05, 0) is 5.75 Å². The molecule has 0 saturated carbocycles. The Balaban J connectivity index is 2.28. The molecule has 0 aromatic heterocycles. The lowest BCUT2D eigenvalue weighted by Crippen LogP contribution is -2.10. The van der Waals surface area contributed by atoms with E-state index in [4.69, 9.17) is 4.74 Å². The Bertz CT molecular complexity index is 114. The van der Waals surface area contributed by atoms with E-state index >= 15 is 0 Å². The highest BCUT2D eigenvalue weighted by molar-refractivity contribution is 8.13. The van der Waals surface area contributed by atoms with Gasteiger partial charge in [0.15, 0.2) is 0 Å². The van der Waals surface area contributed by atoms with Gasteiger partial charge >= 0.3 is 0 Å². The zero-order valence-electron chi connectivity index (χ0n) is 5.59. The Morgan fingerprint density at radius 2 is 2.67 bits per heavy atom. The molecule has 3 heteroatoms. The van der Waals surface area contributed by atoms with Gasteiger partial charge in [0.2, 0.25) is 5.23 Å². The molecule has 0 unspecified atom stereocenters. The van der Waals surface area contributed by atoms with E-state index in [2.05, 4.69) is 11.9 Å². The number of aliphatic imine (C=N–C) groups is 1. The Labute approximate surface area is 59.7 Å². The van der Waals surface area contributed by atoms with Gasteiger partial charge in [-0.25, -0.2) is 4.99 Å². The topological polar surface area (TPSA) is 21.6 Å². The average Bonchev–Trinajstić information content (AvgIpc) is 1.91. The Hall–Kier alpha value is -0.180. The van der Waals surface area contributed by atoms with Gasteiger partial charge in [-0.1, -0.05) is 18.7 Å². The molecule has 0 N–H and O–H groups in total. The first-order valence-electron chi connectivity index (χ1n) is 3.23. The van der Waals surface area contributed by atoms with Crippen LogP contribution in [0.15, 0.2) is 4.99 Å². The van der Waals surface area contributed by atoms with Crippen molar-refractivity contribution in [2.45, 2.75) is 13.3 Å². The van der Waals surface area contributed by atoms with E-state index in [-0.39, 0.29) is 0 Å². The maximum absolute atomic E-state index is 5.23. The second-order valence-electron chi connectivity index (χ2n) is 1.78. The van der Waals surface area contributed by atoms with Gasteiger partial charge in [0.25, 0.3) is 0 Å². The third-order valence-electron chi connectivity index (χ3n) is 1.04. The van der Waals surface area contributed by atoms with Crippen molar-refractivity contribution in [3.05, 3.63) is 0 Å². The van der Waals surface area contributed by atoms with Crippen LogP contribution in [-0.4, -0.2) is 24.1 Å². The molecule has 0 aromatic rings. The molecule has 0 radical (unpaired) electrons. The van der Waals surface area contributed by atoms with Crippen LogP contribution in [0.2, 0.25) is 0 Å². The third kappa shape index (κ3) is 2.26. The summed E-state index contributed by atoms with van der Waals surface area (Å²) in [5.74, 6) is 1.05. The molecule has 1 aliphatic heterocycles. The van der Waals surface area contributed by atoms with Crippen LogP contribution in [0.3, 0.4) is 0 Å². The summed E-state index contributed by atoms with van der Waals surface area (Å²) in [6.07, 6.45) is 1.08.